The number of methoxy groups -OCH3 is 1. The van der Waals surface area contributed by atoms with Crippen molar-refractivity contribution in [1.29, 1.82) is 0 Å². The highest BCUT2D eigenvalue weighted by Gasteiger charge is 2.51. The second-order valence-electron chi connectivity index (χ2n) is 7.27. The minimum Gasteiger partial charge on any atom is -0.399 e. The summed E-state index contributed by atoms with van der Waals surface area (Å²) in [5.41, 5.74) is 1.72. The first kappa shape index (κ1) is 15.8. The number of rotatable bonds is 3. The number of nitrogens with zero attached hydrogens (tertiary/aromatic N) is 1. The van der Waals surface area contributed by atoms with Crippen molar-refractivity contribution < 1.29 is 14.0 Å². The molecule has 1 atom stereocenters. The van der Waals surface area contributed by atoms with Crippen molar-refractivity contribution in [2.45, 2.75) is 51.4 Å². The highest BCUT2D eigenvalue weighted by Crippen LogP contribution is 2.36. The Morgan fingerprint density at radius 3 is 2.18 bits per heavy atom. The van der Waals surface area contributed by atoms with Crippen LogP contribution in [0.3, 0.4) is 0 Å². The van der Waals surface area contributed by atoms with Gasteiger partial charge >= 0.3 is 7.12 Å². The van der Waals surface area contributed by atoms with Crippen molar-refractivity contribution in [2.24, 2.45) is 0 Å². The summed E-state index contributed by atoms with van der Waals surface area (Å²) in [5, 5.41) is 0. The van der Waals surface area contributed by atoms with Crippen LogP contribution in [0.25, 0.3) is 0 Å². The molecule has 3 rings (SSSR count). The molecule has 120 valence electrons. The maximum absolute atomic E-state index is 6.09. The van der Waals surface area contributed by atoms with Gasteiger partial charge < -0.3 is 18.9 Å². The van der Waals surface area contributed by atoms with Gasteiger partial charge in [0, 0.05) is 25.9 Å². The van der Waals surface area contributed by atoms with Gasteiger partial charge in [0.25, 0.3) is 0 Å². The average Bonchev–Trinajstić information content (AvgIpc) is 3.02. The first-order chi connectivity index (χ1) is 10.3. The Labute approximate surface area is 133 Å². The molecular weight excluding hydrogens is 277 g/mol. The molecule has 1 unspecified atom stereocenters. The summed E-state index contributed by atoms with van der Waals surface area (Å²) in [6.07, 6.45) is 1.44. The summed E-state index contributed by atoms with van der Waals surface area (Å²) in [5.74, 6) is 0. The molecule has 0 bridgehead atoms. The first-order valence-electron chi connectivity index (χ1n) is 8.06. The minimum atomic E-state index is -0.295. The lowest BCUT2D eigenvalue weighted by atomic mass is 9.79. The Bertz CT molecular complexity index is 513. The lowest BCUT2D eigenvalue weighted by Crippen LogP contribution is -2.41. The van der Waals surface area contributed by atoms with E-state index in [1.54, 1.807) is 7.11 Å². The summed E-state index contributed by atoms with van der Waals surface area (Å²) in [4.78, 5) is 2.36. The molecule has 0 spiro atoms. The monoisotopic (exact) mass is 303 g/mol. The molecule has 4 nitrogen and oxygen atoms in total. The lowest BCUT2D eigenvalue weighted by molar-refractivity contribution is 0.00578. The molecule has 0 radical (unpaired) electrons. The van der Waals surface area contributed by atoms with Gasteiger partial charge in [-0.2, -0.15) is 0 Å². The molecule has 1 aromatic rings. The maximum atomic E-state index is 6.09. The molecule has 0 amide bonds. The largest absolute Gasteiger partial charge is 0.494 e. The molecule has 2 aliphatic heterocycles. The highest BCUT2D eigenvalue weighted by molar-refractivity contribution is 6.62. The zero-order valence-corrected chi connectivity index (χ0v) is 14.3. The van der Waals surface area contributed by atoms with Crippen LogP contribution in [0.2, 0.25) is 0 Å². The van der Waals surface area contributed by atoms with Crippen LogP contribution in [0.15, 0.2) is 24.3 Å². The van der Waals surface area contributed by atoms with E-state index in [1.165, 1.54) is 5.69 Å². The molecule has 22 heavy (non-hydrogen) atoms. The van der Waals surface area contributed by atoms with Crippen LogP contribution in [-0.2, 0) is 14.0 Å². The quantitative estimate of drug-likeness (QED) is 0.801. The second kappa shape index (κ2) is 5.55. The predicted octanol–water partition coefficient (Wildman–Crippen LogP) is 2.21. The van der Waals surface area contributed by atoms with E-state index >= 15 is 0 Å². The topological polar surface area (TPSA) is 30.9 Å². The third-order valence-electron chi connectivity index (χ3n) is 5.26. The van der Waals surface area contributed by atoms with Crippen LogP contribution < -0.4 is 10.4 Å². The molecule has 2 saturated heterocycles. The SMILES string of the molecule is COC1CCN(c2ccc(B3OC(C)(C)C(C)(C)O3)cc2)C1. The van der Waals surface area contributed by atoms with E-state index in [9.17, 15) is 0 Å². The standard InChI is InChI=1S/C17H26BNO3/c1-16(2)17(3,4)22-18(21-16)13-6-8-14(9-7-13)19-11-10-15(12-19)20-5/h6-9,15H,10-12H2,1-5H3. The van der Waals surface area contributed by atoms with Gasteiger partial charge in [0.15, 0.2) is 0 Å². The van der Waals surface area contributed by atoms with Crippen LogP contribution >= 0.6 is 0 Å². The van der Waals surface area contributed by atoms with E-state index in [0.717, 1.165) is 25.0 Å². The second-order valence-corrected chi connectivity index (χ2v) is 7.27. The summed E-state index contributed by atoms with van der Waals surface area (Å²) >= 11 is 0. The molecule has 2 heterocycles. The molecule has 0 saturated carbocycles. The van der Waals surface area contributed by atoms with Crippen molar-refractivity contribution in [3.63, 3.8) is 0 Å². The van der Waals surface area contributed by atoms with Crippen molar-refractivity contribution in [3.8, 4) is 0 Å². The molecule has 2 aliphatic rings. The fourth-order valence-electron chi connectivity index (χ4n) is 2.98. The summed E-state index contributed by atoms with van der Waals surface area (Å²) in [6.45, 7) is 10.3. The minimum absolute atomic E-state index is 0.288. The Hall–Kier alpha value is -1.04. The number of hydrogen-bond donors (Lipinski definition) is 0. The van der Waals surface area contributed by atoms with Crippen LogP contribution in [0.4, 0.5) is 5.69 Å². The summed E-state index contributed by atoms with van der Waals surface area (Å²) < 4.78 is 17.6. The summed E-state index contributed by atoms with van der Waals surface area (Å²) in [6, 6.07) is 8.52. The van der Waals surface area contributed by atoms with Crippen LogP contribution in [-0.4, -0.2) is 44.6 Å². The van der Waals surface area contributed by atoms with Gasteiger partial charge in [-0.15, -0.1) is 0 Å². The van der Waals surface area contributed by atoms with E-state index in [0.29, 0.717) is 6.10 Å². The van der Waals surface area contributed by atoms with Gasteiger partial charge in [0.05, 0.1) is 17.3 Å². The van der Waals surface area contributed by atoms with Crippen molar-refractivity contribution in [3.05, 3.63) is 24.3 Å². The normalized spacial score (nSPS) is 26.7. The first-order valence-corrected chi connectivity index (χ1v) is 8.06. The predicted molar refractivity (Wildman–Crippen MR) is 89.8 cm³/mol. The number of anilines is 1. The Morgan fingerprint density at radius 2 is 1.68 bits per heavy atom. The highest BCUT2D eigenvalue weighted by atomic mass is 16.7. The van der Waals surface area contributed by atoms with E-state index in [4.69, 9.17) is 14.0 Å². The smallest absolute Gasteiger partial charge is 0.399 e. The van der Waals surface area contributed by atoms with Gasteiger partial charge in [-0.25, -0.2) is 0 Å². The number of ether oxygens (including phenoxy) is 1. The van der Waals surface area contributed by atoms with E-state index in [2.05, 4.69) is 56.9 Å². The lowest BCUT2D eigenvalue weighted by Gasteiger charge is -2.32. The summed E-state index contributed by atoms with van der Waals surface area (Å²) in [7, 11) is 1.50. The van der Waals surface area contributed by atoms with Crippen molar-refractivity contribution in [1.82, 2.24) is 0 Å². The Balaban J connectivity index is 1.71. The van der Waals surface area contributed by atoms with Crippen LogP contribution in [0, 0.1) is 0 Å². The number of hydrogen-bond acceptors (Lipinski definition) is 4. The molecule has 0 aliphatic carbocycles. The van der Waals surface area contributed by atoms with Gasteiger partial charge in [-0.05, 0) is 51.7 Å². The van der Waals surface area contributed by atoms with Gasteiger partial charge in [0.1, 0.15) is 0 Å². The maximum Gasteiger partial charge on any atom is 0.494 e. The number of benzene rings is 1. The van der Waals surface area contributed by atoms with Crippen molar-refractivity contribution >= 4 is 18.3 Å². The van der Waals surface area contributed by atoms with E-state index in [1.807, 2.05) is 0 Å². The fourth-order valence-corrected chi connectivity index (χ4v) is 2.98. The zero-order chi connectivity index (χ0) is 16.0. The third kappa shape index (κ3) is 2.77. The third-order valence-corrected chi connectivity index (χ3v) is 5.26. The van der Waals surface area contributed by atoms with Crippen LogP contribution in [0.1, 0.15) is 34.1 Å². The molecule has 0 aromatic heterocycles. The van der Waals surface area contributed by atoms with Gasteiger partial charge in [-0.1, -0.05) is 12.1 Å². The van der Waals surface area contributed by atoms with Gasteiger partial charge in [-0.3, -0.25) is 0 Å². The van der Waals surface area contributed by atoms with E-state index < -0.39 is 0 Å². The zero-order valence-electron chi connectivity index (χ0n) is 14.3. The Kier molecular flexibility index (Phi) is 4.00. The molecule has 2 fully saturated rings. The fraction of sp³-hybridized carbons (Fsp3) is 0.647. The van der Waals surface area contributed by atoms with Gasteiger partial charge in [0.2, 0.25) is 0 Å². The van der Waals surface area contributed by atoms with Crippen LogP contribution in [0.5, 0.6) is 0 Å². The molecule has 0 N–H and O–H groups in total. The molecule has 1 aromatic carbocycles. The molecule has 5 heteroatoms. The van der Waals surface area contributed by atoms with Crippen molar-refractivity contribution in [2.75, 3.05) is 25.1 Å². The molecular formula is C17H26BNO3. The average molecular weight is 303 g/mol. The van der Waals surface area contributed by atoms with E-state index in [-0.39, 0.29) is 18.3 Å². The Morgan fingerprint density at radius 1 is 1.09 bits per heavy atom.